The summed E-state index contributed by atoms with van der Waals surface area (Å²) < 4.78 is 10.8. The van der Waals surface area contributed by atoms with E-state index in [0.717, 1.165) is 64.0 Å². The van der Waals surface area contributed by atoms with Crippen LogP contribution in [0.4, 0.5) is 0 Å². The molecule has 2 saturated heterocycles. The van der Waals surface area contributed by atoms with Gasteiger partial charge in [0.2, 0.25) is 0 Å². The van der Waals surface area contributed by atoms with Crippen molar-refractivity contribution in [1.82, 2.24) is 10.1 Å². The highest BCUT2D eigenvalue weighted by Gasteiger charge is 2.37. The van der Waals surface area contributed by atoms with Crippen LogP contribution in [0.5, 0.6) is 0 Å². The number of nitrogens with zero attached hydrogens (tertiary/aromatic N) is 2. The molecule has 3 aliphatic rings. The van der Waals surface area contributed by atoms with Crippen molar-refractivity contribution in [2.24, 2.45) is 5.92 Å². The molecule has 3 heterocycles. The maximum atomic E-state index is 12.7. The predicted molar refractivity (Wildman–Crippen MR) is 76.1 cm³/mol. The molecule has 5 nitrogen and oxygen atoms in total. The molecule has 1 saturated carbocycles. The van der Waals surface area contributed by atoms with Crippen molar-refractivity contribution in [3.8, 4) is 0 Å². The zero-order valence-electron chi connectivity index (χ0n) is 12.3. The lowest BCUT2D eigenvalue weighted by Gasteiger charge is -2.33. The molecule has 1 unspecified atom stereocenters. The number of rotatable bonds is 3. The Morgan fingerprint density at radius 2 is 2.00 bits per heavy atom. The van der Waals surface area contributed by atoms with Gasteiger partial charge in [0.15, 0.2) is 5.69 Å². The average Bonchev–Trinajstić information content (AvgIpc) is 3.07. The molecule has 5 heteroatoms. The van der Waals surface area contributed by atoms with Gasteiger partial charge in [-0.1, -0.05) is 5.16 Å². The topological polar surface area (TPSA) is 55.6 Å². The summed E-state index contributed by atoms with van der Waals surface area (Å²) in [5, 5.41) is 4.01. The monoisotopic (exact) mass is 290 g/mol. The smallest absolute Gasteiger partial charge is 0.276 e. The third kappa shape index (κ3) is 2.59. The molecule has 3 fully saturated rings. The van der Waals surface area contributed by atoms with E-state index in [-0.39, 0.29) is 5.91 Å². The fraction of sp³-hybridized carbons (Fsp3) is 0.750. The number of ether oxygens (including phenoxy) is 1. The van der Waals surface area contributed by atoms with Crippen LogP contribution < -0.4 is 0 Å². The van der Waals surface area contributed by atoms with E-state index in [1.54, 1.807) is 0 Å². The van der Waals surface area contributed by atoms with Gasteiger partial charge in [-0.3, -0.25) is 4.79 Å². The Kier molecular flexibility index (Phi) is 3.45. The van der Waals surface area contributed by atoms with E-state index in [9.17, 15) is 4.79 Å². The lowest BCUT2D eigenvalue weighted by atomic mass is 9.90. The molecule has 114 valence electrons. The number of aromatic nitrogens is 1. The minimum Gasteiger partial charge on any atom is -0.381 e. The fourth-order valence-corrected chi connectivity index (χ4v) is 3.73. The van der Waals surface area contributed by atoms with Gasteiger partial charge >= 0.3 is 0 Å². The standard InChI is InChI=1S/C16H22N2O3/c19-16(13-10-15(21-17-13)12-3-4-12)18-7-1-2-14(18)11-5-8-20-9-6-11/h10-12,14H,1-9H2. The molecule has 1 aliphatic carbocycles. The summed E-state index contributed by atoms with van der Waals surface area (Å²) in [5.41, 5.74) is 0.496. The Morgan fingerprint density at radius 3 is 2.76 bits per heavy atom. The van der Waals surface area contributed by atoms with Gasteiger partial charge in [0.05, 0.1) is 0 Å². The number of carbonyl (C=O) groups is 1. The number of carbonyl (C=O) groups excluding carboxylic acids is 1. The van der Waals surface area contributed by atoms with Crippen molar-refractivity contribution in [2.45, 2.75) is 50.5 Å². The molecule has 2 aliphatic heterocycles. The first kappa shape index (κ1) is 13.3. The number of hydrogen-bond donors (Lipinski definition) is 0. The minimum absolute atomic E-state index is 0.0552. The Balaban J connectivity index is 1.48. The molecule has 1 atom stereocenters. The summed E-state index contributed by atoms with van der Waals surface area (Å²) in [6.45, 7) is 2.52. The van der Waals surface area contributed by atoms with E-state index >= 15 is 0 Å². The number of hydrogen-bond acceptors (Lipinski definition) is 4. The van der Waals surface area contributed by atoms with Crippen LogP contribution in [0, 0.1) is 5.92 Å². The molecule has 1 amide bonds. The van der Waals surface area contributed by atoms with Crippen LogP contribution in [0.1, 0.15) is 60.7 Å². The van der Waals surface area contributed by atoms with Crippen molar-refractivity contribution in [3.63, 3.8) is 0 Å². The summed E-state index contributed by atoms with van der Waals surface area (Å²) >= 11 is 0. The summed E-state index contributed by atoms with van der Waals surface area (Å²) in [7, 11) is 0. The lowest BCUT2D eigenvalue weighted by Crippen LogP contribution is -2.42. The Hall–Kier alpha value is -1.36. The third-order valence-corrected chi connectivity index (χ3v) is 5.10. The first-order valence-corrected chi connectivity index (χ1v) is 8.18. The second-order valence-corrected chi connectivity index (χ2v) is 6.55. The van der Waals surface area contributed by atoms with Gasteiger partial charge in [-0.25, -0.2) is 0 Å². The van der Waals surface area contributed by atoms with Crippen LogP contribution in [0.2, 0.25) is 0 Å². The SMILES string of the molecule is O=C(c1cc(C2CC2)on1)N1CCCC1C1CCOCC1. The van der Waals surface area contributed by atoms with Gasteiger partial charge in [-0.15, -0.1) is 0 Å². The predicted octanol–water partition coefficient (Wildman–Crippen LogP) is 2.58. The van der Waals surface area contributed by atoms with E-state index < -0.39 is 0 Å². The van der Waals surface area contributed by atoms with Crippen LogP contribution in [-0.4, -0.2) is 41.8 Å². The Labute approximate surface area is 124 Å². The molecule has 0 spiro atoms. The Morgan fingerprint density at radius 1 is 1.19 bits per heavy atom. The highest BCUT2D eigenvalue weighted by atomic mass is 16.5. The van der Waals surface area contributed by atoms with Crippen molar-refractivity contribution < 1.29 is 14.1 Å². The van der Waals surface area contributed by atoms with Crippen molar-refractivity contribution >= 4 is 5.91 Å². The zero-order chi connectivity index (χ0) is 14.2. The van der Waals surface area contributed by atoms with Gasteiger partial charge in [0, 0.05) is 37.8 Å². The highest BCUT2D eigenvalue weighted by molar-refractivity contribution is 5.92. The molecular weight excluding hydrogens is 268 g/mol. The van der Waals surface area contributed by atoms with Gasteiger partial charge in [-0.05, 0) is 44.4 Å². The molecular formula is C16H22N2O3. The van der Waals surface area contributed by atoms with Gasteiger partial charge in [0.25, 0.3) is 5.91 Å². The summed E-state index contributed by atoms with van der Waals surface area (Å²) in [4.78, 5) is 14.8. The summed E-state index contributed by atoms with van der Waals surface area (Å²) in [5.74, 6) is 2.03. The average molecular weight is 290 g/mol. The molecule has 0 aromatic carbocycles. The van der Waals surface area contributed by atoms with E-state index in [1.165, 1.54) is 0 Å². The fourth-order valence-electron chi connectivity index (χ4n) is 3.73. The second-order valence-electron chi connectivity index (χ2n) is 6.55. The van der Waals surface area contributed by atoms with Crippen LogP contribution >= 0.6 is 0 Å². The summed E-state index contributed by atoms with van der Waals surface area (Å²) in [6.07, 6.45) is 6.68. The van der Waals surface area contributed by atoms with Crippen molar-refractivity contribution in [1.29, 1.82) is 0 Å². The van der Waals surface area contributed by atoms with E-state index in [2.05, 4.69) is 5.16 Å². The Bertz CT molecular complexity index is 517. The van der Waals surface area contributed by atoms with Gasteiger partial charge in [0.1, 0.15) is 5.76 Å². The van der Waals surface area contributed by atoms with E-state index in [0.29, 0.717) is 23.6 Å². The van der Waals surface area contributed by atoms with Crippen molar-refractivity contribution in [2.75, 3.05) is 19.8 Å². The molecule has 0 bridgehead atoms. The summed E-state index contributed by atoms with van der Waals surface area (Å²) in [6, 6.07) is 2.22. The first-order chi connectivity index (χ1) is 10.3. The minimum atomic E-state index is 0.0552. The van der Waals surface area contributed by atoms with Crippen molar-refractivity contribution in [3.05, 3.63) is 17.5 Å². The quantitative estimate of drug-likeness (QED) is 0.858. The lowest BCUT2D eigenvalue weighted by molar-refractivity contribution is 0.0319. The van der Waals surface area contributed by atoms with Gasteiger partial charge < -0.3 is 14.2 Å². The zero-order valence-corrected chi connectivity index (χ0v) is 12.3. The second kappa shape index (κ2) is 5.44. The maximum absolute atomic E-state index is 12.7. The molecule has 4 rings (SSSR count). The normalized spacial score (nSPS) is 27.2. The largest absolute Gasteiger partial charge is 0.381 e. The van der Waals surface area contributed by atoms with Crippen LogP contribution in [0.3, 0.4) is 0 Å². The van der Waals surface area contributed by atoms with Gasteiger partial charge in [-0.2, -0.15) is 0 Å². The first-order valence-electron chi connectivity index (χ1n) is 8.18. The third-order valence-electron chi connectivity index (χ3n) is 5.10. The molecule has 1 aromatic rings. The van der Waals surface area contributed by atoms with Crippen LogP contribution in [0.25, 0.3) is 0 Å². The highest BCUT2D eigenvalue weighted by Crippen LogP contribution is 2.40. The molecule has 21 heavy (non-hydrogen) atoms. The number of likely N-dealkylation sites (tertiary alicyclic amines) is 1. The van der Waals surface area contributed by atoms with E-state index in [4.69, 9.17) is 9.26 Å². The maximum Gasteiger partial charge on any atom is 0.276 e. The van der Waals surface area contributed by atoms with Crippen LogP contribution in [-0.2, 0) is 4.74 Å². The van der Waals surface area contributed by atoms with E-state index in [1.807, 2.05) is 11.0 Å². The van der Waals surface area contributed by atoms with Crippen LogP contribution in [0.15, 0.2) is 10.6 Å². The molecule has 0 N–H and O–H groups in total. The molecule has 1 aromatic heterocycles. The number of amides is 1. The molecule has 0 radical (unpaired) electrons.